The maximum atomic E-state index is 12.8. The summed E-state index contributed by atoms with van der Waals surface area (Å²) >= 11 is 0. The quantitative estimate of drug-likeness (QED) is 0.705. The van der Waals surface area contributed by atoms with Gasteiger partial charge in [-0.2, -0.15) is 0 Å². The first kappa shape index (κ1) is 19.9. The Balaban J connectivity index is 1.64. The topological polar surface area (TPSA) is 87.1 Å². The molecule has 3 heterocycles. The van der Waals surface area contributed by atoms with Gasteiger partial charge in [0, 0.05) is 44.4 Å². The molecule has 1 aliphatic carbocycles. The minimum atomic E-state index is -0.509. The second-order valence-corrected chi connectivity index (χ2v) is 7.97. The highest BCUT2D eigenvalue weighted by Crippen LogP contribution is 2.29. The van der Waals surface area contributed by atoms with Crippen LogP contribution in [0.5, 0.6) is 5.75 Å². The predicted octanol–water partition coefficient (Wildman–Crippen LogP) is 1.38. The normalized spacial score (nSPS) is 22.2. The molecule has 1 unspecified atom stereocenters. The average molecular weight is 404 g/mol. The van der Waals surface area contributed by atoms with Gasteiger partial charge in [-0.1, -0.05) is 0 Å². The standard InChI is InChI=1S/C21H28N2O6/c1-27-21(26)19-16-6-8-22(20(25)14-7-11-28-13-14)9-10-23(16)18(24)12-17(19)29-15-4-2-3-5-15/h12,14-15H,2-11,13H2,1H3. The van der Waals surface area contributed by atoms with Crippen molar-refractivity contribution in [3.63, 3.8) is 0 Å². The van der Waals surface area contributed by atoms with Crippen molar-refractivity contribution < 1.29 is 23.8 Å². The van der Waals surface area contributed by atoms with Gasteiger partial charge in [-0.05, 0) is 32.1 Å². The highest BCUT2D eigenvalue weighted by Gasteiger charge is 2.32. The van der Waals surface area contributed by atoms with E-state index in [9.17, 15) is 14.4 Å². The van der Waals surface area contributed by atoms with Gasteiger partial charge in [0.2, 0.25) is 5.91 Å². The lowest BCUT2D eigenvalue weighted by Crippen LogP contribution is -2.38. The van der Waals surface area contributed by atoms with Gasteiger partial charge in [0.25, 0.3) is 5.56 Å². The first-order valence-corrected chi connectivity index (χ1v) is 10.5. The molecule has 1 aromatic rings. The number of aromatic nitrogens is 1. The number of nitrogens with zero attached hydrogens (tertiary/aromatic N) is 2. The number of amides is 1. The fraction of sp³-hybridized carbons (Fsp3) is 0.667. The van der Waals surface area contributed by atoms with Crippen molar-refractivity contribution in [2.24, 2.45) is 5.92 Å². The fourth-order valence-corrected chi connectivity index (χ4v) is 4.56. The summed E-state index contributed by atoms with van der Waals surface area (Å²) < 4.78 is 18.0. The van der Waals surface area contributed by atoms with Gasteiger partial charge in [0.15, 0.2) is 0 Å². The Bertz CT molecular complexity index is 836. The third kappa shape index (κ3) is 4.03. The van der Waals surface area contributed by atoms with Gasteiger partial charge in [-0.15, -0.1) is 0 Å². The van der Waals surface area contributed by atoms with Crippen molar-refractivity contribution in [1.82, 2.24) is 9.47 Å². The third-order valence-corrected chi connectivity index (χ3v) is 6.17. The van der Waals surface area contributed by atoms with Gasteiger partial charge in [-0.3, -0.25) is 9.59 Å². The summed E-state index contributed by atoms with van der Waals surface area (Å²) in [7, 11) is 1.33. The summed E-state index contributed by atoms with van der Waals surface area (Å²) in [5, 5.41) is 0. The average Bonchev–Trinajstić information content (AvgIpc) is 3.38. The molecule has 1 atom stereocenters. The Morgan fingerprint density at radius 1 is 1.14 bits per heavy atom. The molecule has 1 amide bonds. The molecule has 29 heavy (non-hydrogen) atoms. The van der Waals surface area contributed by atoms with E-state index in [1.54, 1.807) is 9.47 Å². The molecular weight excluding hydrogens is 376 g/mol. The van der Waals surface area contributed by atoms with Crippen molar-refractivity contribution in [3.05, 3.63) is 27.7 Å². The Hall–Kier alpha value is -2.35. The lowest BCUT2D eigenvalue weighted by molar-refractivity contribution is -0.135. The molecule has 0 spiro atoms. The van der Waals surface area contributed by atoms with Gasteiger partial charge >= 0.3 is 5.97 Å². The second kappa shape index (κ2) is 8.57. The van der Waals surface area contributed by atoms with Crippen LogP contribution < -0.4 is 10.3 Å². The first-order chi connectivity index (χ1) is 14.1. The van der Waals surface area contributed by atoms with Gasteiger partial charge in [0.05, 0.1) is 25.7 Å². The number of pyridine rings is 1. The Labute approximate surface area is 169 Å². The molecule has 2 aliphatic heterocycles. The van der Waals surface area contributed by atoms with Crippen LogP contribution in [0.4, 0.5) is 0 Å². The lowest BCUT2D eigenvalue weighted by Gasteiger charge is -2.22. The van der Waals surface area contributed by atoms with Crippen molar-refractivity contribution in [2.75, 3.05) is 33.4 Å². The van der Waals surface area contributed by atoms with Crippen LogP contribution in [0.2, 0.25) is 0 Å². The number of carbonyl (C=O) groups excluding carboxylic acids is 2. The second-order valence-electron chi connectivity index (χ2n) is 7.97. The van der Waals surface area contributed by atoms with Gasteiger partial charge < -0.3 is 23.7 Å². The zero-order valence-electron chi connectivity index (χ0n) is 16.9. The van der Waals surface area contributed by atoms with Crippen LogP contribution in [0.15, 0.2) is 10.9 Å². The fourth-order valence-electron chi connectivity index (χ4n) is 4.56. The van der Waals surface area contributed by atoms with E-state index < -0.39 is 5.97 Å². The molecule has 0 aromatic carbocycles. The summed E-state index contributed by atoms with van der Waals surface area (Å²) in [4.78, 5) is 40.0. The Kier molecular flexibility index (Phi) is 5.89. The predicted molar refractivity (Wildman–Crippen MR) is 104 cm³/mol. The zero-order valence-corrected chi connectivity index (χ0v) is 16.9. The summed E-state index contributed by atoms with van der Waals surface area (Å²) in [6.45, 7) is 2.30. The highest BCUT2D eigenvalue weighted by molar-refractivity contribution is 5.93. The molecule has 1 saturated carbocycles. The van der Waals surface area contributed by atoms with E-state index in [1.807, 2.05) is 0 Å². The van der Waals surface area contributed by atoms with Crippen molar-refractivity contribution >= 4 is 11.9 Å². The molecule has 0 bridgehead atoms. The van der Waals surface area contributed by atoms with Crippen molar-refractivity contribution in [2.45, 2.75) is 51.2 Å². The number of ether oxygens (including phenoxy) is 3. The molecule has 158 valence electrons. The zero-order chi connectivity index (χ0) is 20.4. The molecule has 2 fully saturated rings. The van der Waals surface area contributed by atoms with Crippen LogP contribution in [0, 0.1) is 5.92 Å². The largest absolute Gasteiger partial charge is 0.489 e. The number of fused-ring (bicyclic) bond motifs is 1. The first-order valence-electron chi connectivity index (χ1n) is 10.5. The molecule has 8 nitrogen and oxygen atoms in total. The maximum absolute atomic E-state index is 12.8. The van der Waals surface area contributed by atoms with E-state index in [0.29, 0.717) is 56.3 Å². The van der Waals surface area contributed by atoms with Crippen LogP contribution in [-0.4, -0.2) is 60.9 Å². The van der Waals surface area contributed by atoms with E-state index in [2.05, 4.69) is 0 Å². The molecule has 1 saturated heterocycles. The summed E-state index contributed by atoms with van der Waals surface area (Å²) in [6, 6.07) is 1.40. The summed E-state index contributed by atoms with van der Waals surface area (Å²) in [5.74, 6) is -0.255. The maximum Gasteiger partial charge on any atom is 0.343 e. The van der Waals surface area contributed by atoms with Crippen LogP contribution >= 0.6 is 0 Å². The molecule has 8 heteroatoms. The highest BCUT2D eigenvalue weighted by atomic mass is 16.5. The van der Waals surface area contributed by atoms with E-state index >= 15 is 0 Å². The monoisotopic (exact) mass is 404 g/mol. The van der Waals surface area contributed by atoms with Crippen LogP contribution in [0.3, 0.4) is 0 Å². The van der Waals surface area contributed by atoms with Gasteiger partial charge in [0.1, 0.15) is 11.3 Å². The number of hydrogen-bond acceptors (Lipinski definition) is 6. The lowest BCUT2D eigenvalue weighted by atomic mass is 10.1. The molecule has 1 aromatic heterocycles. The SMILES string of the molecule is COC(=O)c1c(OC2CCCC2)cc(=O)n2c1CCN(C(=O)C1CCOC1)CC2. The van der Waals surface area contributed by atoms with E-state index in [-0.39, 0.29) is 23.5 Å². The number of hydrogen-bond donors (Lipinski definition) is 0. The Morgan fingerprint density at radius 2 is 1.93 bits per heavy atom. The Morgan fingerprint density at radius 3 is 2.62 bits per heavy atom. The molecule has 0 radical (unpaired) electrons. The number of carbonyl (C=O) groups is 2. The van der Waals surface area contributed by atoms with Crippen LogP contribution in [-0.2, 0) is 27.2 Å². The van der Waals surface area contributed by atoms with Crippen LogP contribution in [0.1, 0.15) is 48.2 Å². The smallest absolute Gasteiger partial charge is 0.343 e. The summed E-state index contributed by atoms with van der Waals surface area (Å²) in [6.07, 6.45) is 5.17. The van der Waals surface area contributed by atoms with Gasteiger partial charge in [-0.25, -0.2) is 4.79 Å². The number of esters is 1. The minimum Gasteiger partial charge on any atom is -0.489 e. The van der Waals surface area contributed by atoms with E-state index in [0.717, 1.165) is 32.1 Å². The molecular formula is C21H28N2O6. The van der Waals surface area contributed by atoms with Crippen molar-refractivity contribution in [3.8, 4) is 5.75 Å². The number of methoxy groups -OCH3 is 1. The van der Waals surface area contributed by atoms with Crippen molar-refractivity contribution in [1.29, 1.82) is 0 Å². The molecule has 4 rings (SSSR count). The number of rotatable bonds is 4. The molecule has 0 N–H and O–H groups in total. The molecule has 3 aliphatic rings. The van der Waals surface area contributed by atoms with E-state index in [1.165, 1.54) is 13.2 Å². The summed E-state index contributed by atoms with van der Waals surface area (Å²) in [5.41, 5.74) is 0.701. The third-order valence-electron chi connectivity index (χ3n) is 6.17. The minimum absolute atomic E-state index is 0.0204. The van der Waals surface area contributed by atoms with Crippen LogP contribution in [0.25, 0.3) is 0 Å². The van der Waals surface area contributed by atoms with E-state index in [4.69, 9.17) is 14.2 Å².